The highest BCUT2D eigenvalue weighted by molar-refractivity contribution is 7.08. The number of aromatic nitrogens is 2. The Hall–Kier alpha value is -1.24. The van der Waals surface area contributed by atoms with Crippen LogP contribution in [0.4, 0.5) is 0 Å². The van der Waals surface area contributed by atoms with Crippen molar-refractivity contribution in [2.75, 3.05) is 13.6 Å². The van der Waals surface area contributed by atoms with Crippen LogP contribution in [-0.2, 0) is 6.54 Å². The Morgan fingerprint density at radius 3 is 3.15 bits per heavy atom. The predicted octanol–water partition coefficient (Wildman–Crippen LogP) is 2.36. The second-order valence-electron chi connectivity index (χ2n) is 5.44. The van der Waals surface area contributed by atoms with E-state index in [4.69, 9.17) is 10.3 Å². The second-order valence-corrected chi connectivity index (χ2v) is 6.22. The summed E-state index contributed by atoms with van der Waals surface area (Å²) in [6, 6.07) is 2.54. The van der Waals surface area contributed by atoms with E-state index in [1.54, 1.807) is 11.3 Å². The predicted molar refractivity (Wildman–Crippen MR) is 79.3 cm³/mol. The van der Waals surface area contributed by atoms with E-state index in [-0.39, 0.29) is 0 Å². The van der Waals surface area contributed by atoms with Gasteiger partial charge in [0.1, 0.15) is 0 Å². The maximum atomic E-state index is 5.85. The van der Waals surface area contributed by atoms with Crippen molar-refractivity contribution in [2.24, 2.45) is 11.7 Å². The molecule has 6 heteroatoms. The van der Waals surface area contributed by atoms with E-state index < -0.39 is 0 Å². The third kappa shape index (κ3) is 2.77. The second kappa shape index (κ2) is 6.03. The van der Waals surface area contributed by atoms with E-state index in [1.165, 1.54) is 19.3 Å². The molecule has 2 aromatic heterocycles. The van der Waals surface area contributed by atoms with Crippen molar-refractivity contribution in [2.45, 2.75) is 31.8 Å². The zero-order chi connectivity index (χ0) is 13.9. The van der Waals surface area contributed by atoms with Crippen molar-refractivity contribution in [3.05, 3.63) is 22.7 Å². The zero-order valence-corrected chi connectivity index (χ0v) is 12.5. The summed E-state index contributed by atoms with van der Waals surface area (Å²) in [6.07, 6.45) is 3.72. The van der Waals surface area contributed by atoms with Crippen molar-refractivity contribution in [1.82, 2.24) is 15.0 Å². The maximum absolute atomic E-state index is 5.85. The van der Waals surface area contributed by atoms with Gasteiger partial charge in [0, 0.05) is 11.4 Å². The lowest BCUT2D eigenvalue weighted by atomic mass is 10.0. The molecule has 3 rings (SSSR count). The van der Waals surface area contributed by atoms with Crippen LogP contribution in [0.5, 0.6) is 0 Å². The number of hydrogen-bond acceptors (Lipinski definition) is 6. The molecule has 0 aromatic carbocycles. The minimum Gasteiger partial charge on any atom is -0.334 e. The van der Waals surface area contributed by atoms with Crippen molar-refractivity contribution < 1.29 is 4.52 Å². The van der Waals surface area contributed by atoms with Gasteiger partial charge in [0.25, 0.3) is 5.89 Å². The van der Waals surface area contributed by atoms with Crippen molar-refractivity contribution >= 4 is 11.3 Å². The third-order valence-electron chi connectivity index (χ3n) is 4.11. The van der Waals surface area contributed by atoms with Crippen LogP contribution in [0.3, 0.4) is 0 Å². The minimum absolute atomic E-state index is 0.545. The van der Waals surface area contributed by atoms with Crippen molar-refractivity contribution in [1.29, 1.82) is 0 Å². The Labute approximate surface area is 122 Å². The van der Waals surface area contributed by atoms with E-state index >= 15 is 0 Å². The Kier molecular flexibility index (Phi) is 4.14. The molecule has 20 heavy (non-hydrogen) atoms. The molecule has 1 fully saturated rings. The van der Waals surface area contributed by atoms with Crippen LogP contribution >= 0.6 is 11.3 Å². The van der Waals surface area contributed by atoms with E-state index in [0.29, 0.717) is 17.9 Å². The van der Waals surface area contributed by atoms with Gasteiger partial charge in [0.15, 0.2) is 5.82 Å². The van der Waals surface area contributed by atoms with Gasteiger partial charge >= 0.3 is 0 Å². The molecule has 2 aromatic rings. The Balaban J connectivity index is 1.66. The van der Waals surface area contributed by atoms with Gasteiger partial charge in [-0.2, -0.15) is 16.3 Å². The van der Waals surface area contributed by atoms with E-state index in [1.807, 2.05) is 16.8 Å². The molecule has 0 saturated heterocycles. The molecule has 5 nitrogen and oxygen atoms in total. The highest BCUT2D eigenvalue weighted by Crippen LogP contribution is 2.29. The number of nitrogens with two attached hydrogens (primary N) is 1. The highest BCUT2D eigenvalue weighted by Gasteiger charge is 2.29. The van der Waals surface area contributed by atoms with Gasteiger partial charge in [0.2, 0.25) is 0 Å². The Morgan fingerprint density at radius 2 is 2.40 bits per heavy atom. The maximum Gasteiger partial charge on any atom is 0.258 e. The lowest BCUT2D eigenvalue weighted by Crippen LogP contribution is -2.37. The van der Waals surface area contributed by atoms with E-state index in [9.17, 15) is 0 Å². The lowest BCUT2D eigenvalue weighted by molar-refractivity contribution is 0.186. The molecule has 2 heterocycles. The zero-order valence-electron chi connectivity index (χ0n) is 11.7. The number of rotatable bonds is 5. The molecule has 0 bridgehead atoms. The third-order valence-corrected chi connectivity index (χ3v) is 4.80. The average Bonchev–Trinajstić information content (AvgIpc) is 3.19. The first-order valence-electron chi connectivity index (χ1n) is 7.03. The van der Waals surface area contributed by atoms with Gasteiger partial charge in [-0.1, -0.05) is 11.6 Å². The number of hydrogen-bond donors (Lipinski definition) is 1. The molecule has 0 amide bonds. The van der Waals surface area contributed by atoms with Crippen LogP contribution in [0.15, 0.2) is 21.3 Å². The van der Waals surface area contributed by atoms with Crippen LogP contribution in [-0.4, -0.2) is 34.7 Å². The largest absolute Gasteiger partial charge is 0.334 e. The van der Waals surface area contributed by atoms with Crippen LogP contribution in [0.1, 0.15) is 25.1 Å². The SMILES string of the molecule is CN(Cc1noc(-c2ccsc2)n1)C1CCCC1CN. The quantitative estimate of drug-likeness (QED) is 0.916. The van der Waals surface area contributed by atoms with Crippen LogP contribution in [0, 0.1) is 5.92 Å². The van der Waals surface area contributed by atoms with Crippen molar-refractivity contribution in [3.8, 4) is 11.5 Å². The standard InChI is InChI=1S/C14H20N4OS/c1-18(12-4-2-3-10(12)7-15)8-13-16-14(19-17-13)11-5-6-20-9-11/h5-6,9-10,12H,2-4,7-8,15H2,1H3. The molecule has 1 saturated carbocycles. The molecule has 1 aliphatic carbocycles. The van der Waals surface area contributed by atoms with E-state index in [2.05, 4.69) is 22.1 Å². The molecule has 2 unspecified atom stereocenters. The Morgan fingerprint density at radius 1 is 1.50 bits per heavy atom. The normalized spacial score (nSPS) is 22.8. The van der Waals surface area contributed by atoms with Crippen LogP contribution < -0.4 is 5.73 Å². The number of nitrogens with zero attached hydrogens (tertiary/aromatic N) is 3. The van der Waals surface area contributed by atoms with Gasteiger partial charge in [0.05, 0.1) is 12.1 Å². The molecule has 0 spiro atoms. The fourth-order valence-corrected chi connectivity index (χ4v) is 3.66. The summed E-state index contributed by atoms with van der Waals surface area (Å²) < 4.78 is 5.32. The number of thiophene rings is 1. The summed E-state index contributed by atoms with van der Waals surface area (Å²) in [5.41, 5.74) is 6.85. The summed E-state index contributed by atoms with van der Waals surface area (Å²) in [4.78, 5) is 6.78. The van der Waals surface area contributed by atoms with Gasteiger partial charge < -0.3 is 10.3 Å². The molecule has 2 N–H and O–H groups in total. The molecule has 1 aliphatic rings. The van der Waals surface area contributed by atoms with Gasteiger partial charge in [-0.15, -0.1) is 0 Å². The molecule has 0 aliphatic heterocycles. The fourth-order valence-electron chi connectivity index (χ4n) is 3.03. The molecule has 0 radical (unpaired) electrons. The summed E-state index contributed by atoms with van der Waals surface area (Å²) in [6.45, 7) is 1.48. The molecular weight excluding hydrogens is 272 g/mol. The van der Waals surface area contributed by atoms with Gasteiger partial charge in [-0.25, -0.2) is 0 Å². The summed E-state index contributed by atoms with van der Waals surface area (Å²) in [5.74, 6) is 1.95. The molecular formula is C14H20N4OS. The molecule has 2 atom stereocenters. The first-order chi connectivity index (χ1) is 9.78. The summed E-state index contributed by atoms with van der Waals surface area (Å²) in [7, 11) is 2.12. The monoisotopic (exact) mass is 292 g/mol. The minimum atomic E-state index is 0.545. The van der Waals surface area contributed by atoms with Crippen LogP contribution in [0.2, 0.25) is 0 Å². The van der Waals surface area contributed by atoms with E-state index in [0.717, 1.165) is 24.5 Å². The highest BCUT2D eigenvalue weighted by atomic mass is 32.1. The van der Waals surface area contributed by atoms with Crippen LogP contribution in [0.25, 0.3) is 11.5 Å². The topological polar surface area (TPSA) is 68.2 Å². The average molecular weight is 292 g/mol. The summed E-state index contributed by atoms with van der Waals surface area (Å²) in [5, 5.41) is 8.11. The summed E-state index contributed by atoms with van der Waals surface area (Å²) >= 11 is 1.63. The Bertz CT molecular complexity index is 539. The first-order valence-corrected chi connectivity index (χ1v) is 7.97. The van der Waals surface area contributed by atoms with Gasteiger partial charge in [-0.3, -0.25) is 4.90 Å². The van der Waals surface area contributed by atoms with Crippen molar-refractivity contribution in [3.63, 3.8) is 0 Å². The molecule has 108 valence electrons. The lowest BCUT2D eigenvalue weighted by Gasteiger charge is -2.27. The first kappa shape index (κ1) is 13.7. The van der Waals surface area contributed by atoms with Gasteiger partial charge in [-0.05, 0) is 43.8 Å². The fraction of sp³-hybridized carbons (Fsp3) is 0.571. The smallest absolute Gasteiger partial charge is 0.258 e.